The second-order valence-electron chi connectivity index (χ2n) is 8.04. The Kier molecular flexibility index (Phi) is 5.87. The van der Waals surface area contributed by atoms with E-state index in [1.54, 1.807) is 6.20 Å². The van der Waals surface area contributed by atoms with Crippen LogP contribution in [0.4, 0.5) is 17.3 Å². The van der Waals surface area contributed by atoms with Gasteiger partial charge in [0.05, 0.1) is 23.0 Å². The number of amides is 1. The zero-order valence-electron chi connectivity index (χ0n) is 18.1. The van der Waals surface area contributed by atoms with Crippen molar-refractivity contribution in [2.45, 2.75) is 26.7 Å². The highest BCUT2D eigenvalue weighted by molar-refractivity contribution is 5.93. The number of fused-ring (bicyclic) bond motifs is 1. The number of anilines is 3. The number of hydrogen-bond donors (Lipinski definition) is 2. The predicted molar refractivity (Wildman–Crippen MR) is 121 cm³/mol. The summed E-state index contributed by atoms with van der Waals surface area (Å²) in [6.45, 7) is 6.35. The maximum absolute atomic E-state index is 12.7. The van der Waals surface area contributed by atoms with Gasteiger partial charge in [-0.3, -0.25) is 10.1 Å². The minimum Gasteiger partial charge on any atom is -0.339 e. The number of carbonyl (C=O) groups is 1. The number of hydrogen-bond acceptors (Lipinski definition) is 7. The molecule has 160 valence electrons. The summed E-state index contributed by atoms with van der Waals surface area (Å²) < 4.78 is 0. The molecule has 2 aliphatic heterocycles. The molecule has 1 unspecified atom stereocenters. The van der Waals surface area contributed by atoms with Gasteiger partial charge >= 0.3 is 0 Å². The van der Waals surface area contributed by atoms with Gasteiger partial charge in [-0.2, -0.15) is 5.26 Å². The highest BCUT2D eigenvalue weighted by Gasteiger charge is 2.28. The van der Waals surface area contributed by atoms with Crippen molar-refractivity contribution in [3.05, 3.63) is 47.5 Å². The van der Waals surface area contributed by atoms with Crippen LogP contribution in [-0.2, 0) is 4.79 Å². The number of nitrogens with zero attached hydrogens (tertiary/aromatic N) is 5. The maximum Gasteiger partial charge on any atom is 0.231 e. The van der Waals surface area contributed by atoms with Gasteiger partial charge in [-0.25, -0.2) is 9.97 Å². The third-order valence-corrected chi connectivity index (χ3v) is 5.82. The monoisotopic (exact) mass is 417 g/mol. The van der Waals surface area contributed by atoms with Crippen molar-refractivity contribution >= 4 is 28.8 Å². The fraction of sp³-hybridized carbons (Fsp3) is 0.391. The molecule has 1 atom stereocenters. The van der Waals surface area contributed by atoms with E-state index in [1.165, 1.54) is 0 Å². The molecule has 0 spiro atoms. The summed E-state index contributed by atoms with van der Waals surface area (Å²) in [4.78, 5) is 25.8. The molecule has 0 aliphatic carbocycles. The summed E-state index contributed by atoms with van der Waals surface area (Å²) in [5.41, 5.74) is 3.68. The van der Waals surface area contributed by atoms with Crippen molar-refractivity contribution in [3.63, 3.8) is 0 Å². The van der Waals surface area contributed by atoms with Gasteiger partial charge in [-0.05, 0) is 58.0 Å². The van der Waals surface area contributed by atoms with Crippen LogP contribution in [0.15, 0.2) is 36.3 Å². The first-order chi connectivity index (χ1) is 15.0. The molecule has 0 bridgehead atoms. The molecule has 1 saturated heterocycles. The van der Waals surface area contributed by atoms with Crippen molar-refractivity contribution in [2.75, 3.05) is 42.2 Å². The molecule has 1 aromatic carbocycles. The minimum atomic E-state index is -0.0810. The lowest BCUT2D eigenvalue weighted by Crippen LogP contribution is -2.38. The summed E-state index contributed by atoms with van der Waals surface area (Å²) in [5, 5.41) is 16.3. The number of carbonyl (C=O) groups excluding carboxylic acids is 1. The van der Waals surface area contributed by atoms with Crippen LogP contribution in [-0.4, -0.2) is 47.5 Å². The average molecular weight is 418 g/mol. The van der Waals surface area contributed by atoms with Crippen LogP contribution >= 0.6 is 0 Å². The summed E-state index contributed by atoms with van der Waals surface area (Å²) in [6.07, 6.45) is 3.51. The van der Waals surface area contributed by atoms with E-state index >= 15 is 0 Å². The van der Waals surface area contributed by atoms with E-state index in [9.17, 15) is 10.1 Å². The first-order valence-corrected chi connectivity index (χ1v) is 10.6. The Labute approximate surface area is 182 Å². The van der Waals surface area contributed by atoms with Gasteiger partial charge in [-0.15, -0.1) is 0 Å². The van der Waals surface area contributed by atoms with E-state index in [0.29, 0.717) is 23.6 Å². The van der Waals surface area contributed by atoms with Crippen molar-refractivity contribution in [1.82, 2.24) is 14.9 Å². The van der Waals surface area contributed by atoms with Gasteiger partial charge in [-0.1, -0.05) is 12.1 Å². The lowest BCUT2D eigenvalue weighted by molar-refractivity contribution is -0.121. The first-order valence-electron chi connectivity index (χ1n) is 10.6. The lowest BCUT2D eigenvalue weighted by atomic mass is 9.98. The van der Waals surface area contributed by atoms with Crippen LogP contribution in [0.25, 0.3) is 5.57 Å². The molecule has 0 radical (unpaired) electrons. The molecule has 31 heavy (non-hydrogen) atoms. The number of piperidine rings is 1. The van der Waals surface area contributed by atoms with E-state index < -0.39 is 0 Å². The SMILES string of the molecule is CCN1C(=C(C#N)c2nc(NC(=O)C3CCCN(C)C3)ncc2C)Nc2ccccc21. The van der Waals surface area contributed by atoms with Crippen LogP contribution < -0.4 is 15.5 Å². The van der Waals surface area contributed by atoms with Crippen molar-refractivity contribution in [1.29, 1.82) is 5.26 Å². The van der Waals surface area contributed by atoms with Gasteiger partial charge in [0.25, 0.3) is 0 Å². The average Bonchev–Trinajstić information content (AvgIpc) is 3.14. The first kappa shape index (κ1) is 20.8. The number of nitrogens with one attached hydrogen (secondary N) is 2. The number of likely N-dealkylation sites (tertiary alicyclic amines) is 1. The molecule has 1 amide bonds. The molecule has 0 saturated carbocycles. The Morgan fingerprint density at radius 2 is 2.19 bits per heavy atom. The largest absolute Gasteiger partial charge is 0.339 e. The molecule has 4 rings (SSSR count). The molecule has 1 fully saturated rings. The second-order valence-corrected chi connectivity index (χ2v) is 8.04. The summed E-state index contributed by atoms with van der Waals surface area (Å²) in [7, 11) is 2.03. The Balaban J connectivity index is 1.65. The van der Waals surface area contributed by atoms with Gasteiger partial charge in [0, 0.05) is 19.3 Å². The molecule has 2 aliphatic rings. The van der Waals surface area contributed by atoms with Crippen LogP contribution in [0.2, 0.25) is 0 Å². The Bertz CT molecular complexity index is 1070. The van der Waals surface area contributed by atoms with Crippen LogP contribution in [0.1, 0.15) is 31.0 Å². The third-order valence-electron chi connectivity index (χ3n) is 5.82. The minimum absolute atomic E-state index is 0.0749. The fourth-order valence-corrected chi connectivity index (χ4v) is 4.22. The number of nitriles is 1. The predicted octanol–water partition coefficient (Wildman–Crippen LogP) is 3.21. The highest BCUT2D eigenvalue weighted by Crippen LogP contribution is 2.38. The van der Waals surface area contributed by atoms with Gasteiger partial charge in [0.15, 0.2) is 0 Å². The van der Waals surface area contributed by atoms with E-state index in [-0.39, 0.29) is 17.8 Å². The Morgan fingerprint density at radius 1 is 1.39 bits per heavy atom. The second kappa shape index (κ2) is 8.74. The number of aromatic nitrogens is 2. The summed E-state index contributed by atoms with van der Waals surface area (Å²) in [5.74, 6) is 0.765. The van der Waals surface area contributed by atoms with E-state index in [1.807, 2.05) is 45.2 Å². The van der Waals surface area contributed by atoms with Crippen LogP contribution in [0.3, 0.4) is 0 Å². The summed E-state index contributed by atoms with van der Waals surface area (Å²) >= 11 is 0. The van der Waals surface area contributed by atoms with Crippen molar-refractivity contribution in [2.24, 2.45) is 5.92 Å². The van der Waals surface area contributed by atoms with Crippen LogP contribution in [0.5, 0.6) is 0 Å². The molecular weight excluding hydrogens is 390 g/mol. The molecule has 8 nitrogen and oxygen atoms in total. The Morgan fingerprint density at radius 3 is 2.94 bits per heavy atom. The fourth-order valence-electron chi connectivity index (χ4n) is 4.22. The van der Waals surface area contributed by atoms with E-state index in [2.05, 4.69) is 36.5 Å². The molecule has 1 aromatic heterocycles. The van der Waals surface area contributed by atoms with Crippen molar-refractivity contribution < 1.29 is 4.79 Å². The third kappa shape index (κ3) is 4.09. The molecule has 2 aromatic rings. The topological polar surface area (TPSA) is 97.2 Å². The number of benzene rings is 1. The van der Waals surface area contributed by atoms with Gasteiger partial charge in [0.2, 0.25) is 11.9 Å². The maximum atomic E-state index is 12.7. The van der Waals surface area contributed by atoms with Crippen LogP contribution in [0, 0.1) is 24.2 Å². The number of para-hydroxylation sites is 2. The molecule has 2 N–H and O–H groups in total. The van der Waals surface area contributed by atoms with E-state index in [0.717, 1.165) is 42.9 Å². The van der Waals surface area contributed by atoms with E-state index in [4.69, 9.17) is 0 Å². The lowest BCUT2D eigenvalue weighted by Gasteiger charge is -2.28. The number of allylic oxidation sites excluding steroid dienone is 1. The molecule has 3 heterocycles. The normalized spacial score (nSPS) is 19.9. The standard InChI is InChI=1S/C23H27N7O/c1-4-30-19-10-6-5-9-18(19)26-21(30)17(12-24)20-15(2)13-25-23(27-20)28-22(31)16-8-7-11-29(3)14-16/h5-6,9-10,13,16,26H,4,7-8,11,14H2,1-3H3,(H,25,27,28,31). The zero-order valence-corrected chi connectivity index (χ0v) is 18.1. The Hall–Kier alpha value is -3.44. The molecule has 8 heteroatoms. The smallest absolute Gasteiger partial charge is 0.231 e. The quantitative estimate of drug-likeness (QED) is 0.737. The summed E-state index contributed by atoms with van der Waals surface area (Å²) in [6, 6.07) is 10.3. The number of aryl methyl sites for hydroxylation is 1. The van der Waals surface area contributed by atoms with Gasteiger partial charge in [0.1, 0.15) is 17.5 Å². The zero-order chi connectivity index (χ0) is 22.0. The number of rotatable bonds is 4. The van der Waals surface area contributed by atoms with Crippen molar-refractivity contribution in [3.8, 4) is 6.07 Å². The van der Waals surface area contributed by atoms with Gasteiger partial charge < -0.3 is 15.1 Å². The molecular formula is C23H27N7O. The highest BCUT2D eigenvalue weighted by atomic mass is 16.2.